The summed E-state index contributed by atoms with van der Waals surface area (Å²) in [5.41, 5.74) is 0. The topological polar surface area (TPSA) is 63.9 Å². The number of rotatable bonds is 2. The predicted octanol–water partition coefficient (Wildman–Crippen LogP) is -0.425. The Labute approximate surface area is 90.5 Å². The first-order valence-corrected chi connectivity index (χ1v) is 5.93. The quantitative estimate of drug-likeness (QED) is 0.585. The van der Waals surface area contributed by atoms with Crippen LogP contribution < -0.4 is 0 Å². The summed E-state index contributed by atoms with van der Waals surface area (Å²) in [5.74, 6) is 0.330. The fraction of sp³-hybridized carbons (Fsp3) is 1.00. The zero-order valence-electron chi connectivity index (χ0n) is 9.05. The van der Waals surface area contributed by atoms with E-state index in [-0.39, 0.29) is 6.10 Å². The number of hydrogen-bond acceptors (Lipinski definition) is 4. The molecule has 1 aliphatic carbocycles. The molecule has 0 radical (unpaired) electrons. The minimum absolute atomic E-state index is 0.186. The molecule has 0 aromatic carbocycles. The van der Waals surface area contributed by atoms with Crippen molar-refractivity contribution in [3.63, 3.8) is 0 Å². The van der Waals surface area contributed by atoms with Crippen molar-refractivity contribution in [2.24, 2.45) is 5.92 Å². The van der Waals surface area contributed by atoms with Crippen LogP contribution in [0, 0.1) is 5.92 Å². The maximum absolute atomic E-state index is 9.81. The molecule has 3 N–H and O–H groups in total. The molecule has 4 unspecified atom stereocenters. The first-order chi connectivity index (χ1) is 7.16. The summed E-state index contributed by atoms with van der Waals surface area (Å²) >= 11 is 0. The highest BCUT2D eigenvalue weighted by atomic mass is 16.3. The third-order valence-electron chi connectivity index (χ3n) is 3.70. The van der Waals surface area contributed by atoms with Gasteiger partial charge in [0.05, 0.1) is 18.3 Å². The van der Waals surface area contributed by atoms with Gasteiger partial charge in [-0.15, -0.1) is 0 Å². The van der Waals surface area contributed by atoms with Crippen LogP contribution in [0.25, 0.3) is 0 Å². The third-order valence-corrected chi connectivity index (χ3v) is 3.70. The standard InChI is InChI=1S/C11H21NO3/c13-9-4-2-1-3-8(9)5-12-6-10(14)11(15)7-12/h8-11,13-15H,1-7H2. The number of β-amino-alcohol motifs (C(OH)–C–C–N with tert-alkyl or cyclic N) is 2. The highest BCUT2D eigenvalue weighted by Gasteiger charge is 2.32. The van der Waals surface area contributed by atoms with Gasteiger partial charge < -0.3 is 15.3 Å². The van der Waals surface area contributed by atoms with Gasteiger partial charge in [-0.2, -0.15) is 0 Å². The lowest BCUT2D eigenvalue weighted by atomic mass is 9.86. The number of hydrogen-bond donors (Lipinski definition) is 3. The Bertz CT molecular complexity index is 202. The molecular formula is C11H21NO3. The van der Waals surface area contributed by atoms with Crippen molar-refractivity contribution in [2.75, 3.05) is 19.6 Å². The second kappa shape index (κ2) is 4.78. The Morgan fingerprint density at radius 2 is 1.47 bits per heavy atom. The van der Waals surface area contributed by atoms with Gasteiger partial charge in [0.1, 0.15) is 0 Å². The Morgan fingerprint density at radius 3 is 2.07 bits per heavy atom. The summed E-state index contributed by atoms with van der Waals surface area (Å²) in [6, 6.07) is 0. The summed E-state index contributed by atoms with van der Waals surface area (Å²) in [7, 11) is 0. The summed E-state index contributed by atoms with van der Waals surface area (Å²) in [4.78, 5) is 2.06. The Kier molecular flexibility index (Phi) is 3.61. The molecule has 88 valence electrons. The third kappa shape index (κ3) is 2.69. The van der Waals surface area contributed by atoms with Crippen LogP contribution in [0.2, 0.25) is 0 Å². The highest BCUT2D eigenvalue weighted by molar-refractivity contribution is 4.86. The normalized spacial score (nSPS) is 43.4. The fourth-order valence-electron chi connectivity index (χ4n) is 2.73. The predicted molar refractivity (Wildman–Crippen MR) is 56.4 cm³/mol. The molecule has 1 aliphatic heterocycles. The van der Waals surface area contributed by atoms with Gasteiger partial charge >= 0.3 is 0 Å². The highest BCUT2D eigenvalue weighted by Crippen LogP contribution is 2.26. The van der Waals surface area contributed by atoms with Crippen LogP contribution in [-0.2, 0) is 0 Å². The largest absolute Gasteiger partial charge is 0.393 e. The summed E-state index contributed by atoms with van der Waals surface area (Å²) in [6.07, 6.45) is 2.90. The maximum atomic E-state index is 9.81. The molecule has 15 heavy (non-hydrogen) atoms. The molecule has 1 saturated heterocycles. The summed E-state index contributed by atoms with van der Waals surface area (Å²) < 4.78 is 0. The van der Waals surface area contributed by atoms with Gasteiger partial charge in [0.2, 0.25) is 0 Å². The minimum atomic E-state index is -0.606. The molecule has 4 nitrogen and oxygen atoms in total. The SMILES string of the molecule is OC1CN(CC2CCCCC2O)CC1O. The van der Waals surface area contributed by atoms with E-state index in [4.69, 9.17) is 0 Å². The molecule has 2 fully saturated rings. The zero-order chi connectivity index (χ0) is 10.8. The monoisotopic (exact) mass is 215 g/mol. The summed E-state index contributed by atoms with van der Waals surface area (Å²) in [5, 5.41) is 28.6. The van der Waals surface area contributed by atoms with Crippen LogP contribution in [0.4, 0.5) is 0 Å². The smallest absolute Gasteiger partial charge is 0.0938 e. The molecule has 0 spiro atoms. The van der Waals surface area contributed by atoms with Crippen LogP contribution in [-0.4, -0.2) is 58.2 Å². The number of aliphatic hydroxyl groups excluding tert-OH is 3. The average Bonchev–Trinajstić information content (AvgIpc) is 2.50. The molecule has 0 aromatic rings. The minimum Gasteiger partial charge on any atom is -0.393 e. The lowest BCUT2D eigenvalue weighted by Crippen LogP contribution is -2.36. The van der Waals surface area contributed by atoms with E-state index in [9.17, 15) is 15.3 Å². The van der Waals surface area contributed by atoms with Crippen LogP contribution in [0.3, 0.4) is 0 Å². The van der Waals surface area contributed by atoms with Crippen LogP contribution >= 0.6 is 0 Å². The maximum Gasteiger partial charge on any atom is 0.0938 e. The van der Waals surface area contributed by atoms with Gasteiger partial charge in [0, 0.05) is 19.6 Å². The van der Waals surface area contributed by atoms with Gasteiger partial charge in [-0.05, 0) is 18.8 Å². The Morgan fingerprint density at radius 1 is 0.867 bits per heavy atom. The zero-order valence-corrected chi connectivity index (χ0v) is 9.05. The van der Waals surface area contributed by atoms with E-state index in [1.807, 2.05) is 0 Å². The van der Waals surface area contributed by atoms with Gasteiger partial charge in [-0.1, -0.05) is 12.8 Å². The number of aliphatic hydroxyl groups is 3. The first kappa shape index (κ1) is 11.3. The molecule has 1 heterocycles. The van der Waals surface area contributed by atoms with E-state index < -0.39 is 12.2 Å². The van der Waals surface area contributed by atoms with Crippen molar-refractivity contribution in [3.8, 4) is 0 Å². The van der Waals surface area contributed by atoms with Gasteiger partial charge in [0.25, 0.3) is 0 Å². The van der Waals surface area contributed by atoms with Crippen LogP contribution in [0.5, 0.6) is 0 Å². The molecule has 0 amide bonds. The van der Waals surface area contributed by atoms with E-state index in [2.05, 4.69) is 4.90 Å². The van der Waals surface area contributed by atoms with Gasteiger partial charge in [0.15, 0.2) is 0 Å². The first-order valence-electron chi connectivity index (χ1n) is 5.93. The van der Waals surface area contributed by atoms with E-state index in [0.29, 0.717) is 19.0 Å². The molecular weight excluding hydrogens is 194 g/mol. The second-order valence-corrected chi connectivity index (χ2v) is 4.97. The summed E-state index contributed by atoms with van der Waals surface area (Å²) in [6.45, 7) is 1.91. The van der Waals surface area contributed by atoms with Crippen LogP contribution in [0.1, 0.15) is 25.7 Å². The molecule has 0 bridgehead atoms. The second-order valence-electron chi connectivity index (χ2n) is 4.97. The molecule has 4 heteroatoms. The van der Waals surface area contributed by atoms with E-state index in [1.165, 1.54) is 6.42 Å². The van der Waals surface area contributed by atoms with Gasteiger partial charge in [-0.3, -0.25) is 4.90 Å². The number of likely N-dealkylation sites (tertiary alicyclic amines) is 1. The van der Waals surface area contributed by atoms with E-state index in [0.717, 1.165) is 25.8 Å². The van der Waals surface area contributed by atoms with Crippen molar-refractivity contribution in [1.29, 1.82) is 0 Å². The molecule has 1 saturated carbocycles. The molecule has 0 aromatic heterocycles. The van der Waals surface area contributed by atoms with E-state index >= 15 is 0 Å². The molecule has 4 atom stereocenters. The van der Waals surface area contributed by atoms with Crippen molar-refractivity contribution < 1.29 is 15.3 Å². The number of nitrogens with zero attached hydrogens (tertiary/aromatic N) is 1. The van der Waals surface area contributed by atoms with Crippen molar-refractivity contribution in [1.82, 2.24) is 4.90 Å². The molecule has 2 rings (SSSR count). The fourth-order valence-corrected chi connectivity index (χ4v) is 2.73. The lowest BCUT2D eigenvalue weighted by molar-refractivity contribution is 0.0482. The van der Waals surface area contributed by atoms with Crippen molar-refractivity contribution in [2.45, 2.75) is 44.0 Å². The average molecular weight is 215 g/mol. The Balaban J connectivity index is 1.81. The van der Waals surface area contributed by atoms with Crippen molar-refractivity contribution in [3.05, 3.63) is 0 Å². The lowest BCUT2D eigenvalue weighted by Gasteiger charge is -2.30. The van der Waals surface area contributed by atoms with Crippen LogP contribution in [0.15, 0.2) is 0 Å². The van der Waals surface area contributed by atoms with Gasteiger partial charge in [-0.25, -0.2) is 0 Å². The van der Waals surface area contributed by atoms with E-state index in [1.54, 1.807) is 0 Å². The molecule has 2 aliphatic rings. The Hall–Kier alpha value is -0.160. The van der Waals surface area contributed by atoms with Crippen molar-refractivity contribution >= 4 is 0 Å².